The summed E-state index contributed by atoms with van der Waals surface area (Å²) in [6.07, 6.45) is 2.87. The summed E-state index contributed by atoms with van der Waals surface area (Å²) in [5, 5.41) is 7.36. The summed E-state index contributed by atoms with van der Waals surface area (Å²) in [6, 6.07) is 9.75. The normalized spacial score (nSPS) is 10.8. The lowest BCUT2D eigenvalue weighted by Crippen LogP contribution is -2.28. The van der Waals surface area contributed by atoms with E-state index in [2.05, 4.69) is 15.3 Å². The molecule has 146 valence electrons. The van der Waals surface area contributed by atoms with E-state index in [1.165, 1.54) is 28.4 Å². The van der Waals surface area contributed by atoms with Crippen molar-refractivity contribution in [1.82, 2.24) is 14.5 Å². The standard InChI is InChI=1S/C21H18N4O2S2/c1-13-5-6-16(14(2)8-13)23-19(26)10-25-12-22-9-15(21(25)27)20-24-17(11-29-20)18-4-3-7-28-18/h3-9,11-12H,10H2,1-2H3,(H,23,26). The molecule has 0 radical (unpaired) electrons. The van der Waals surface area contributed by atoms with E-state index in [1.807, 2.05) is 54.9 Å². The van der Waals surface area contributed by atoms with E-state index in [0.29, 0.717) is 10.6 Å². The number of amides is 1. The van der Waals surface area contributed by atoms with Crippen molar-refractivity contribution in [2.45, 2.75) is 20.4 Å². The minimum absolute atomic E-state index is 0.115. The smallest absolute Gasteiger partial charge is 0.264 e. The van der Waals surface area contributed by atoms with Crippen molar-refractivity contribution in [2.24, 2.45) is 0 Å². The molecule has 0 aliphatic carbocycles. The second-order valence-electron chi connectivity index (χ2n) is 6.62. The lowest BCUT2D eigenvalue weighted by molar-refractivity contribution is -0.116. The molecule has 0 saturated carbocycles. The average Bonchev–Trinajstić information content (AvgIpc) is 3.37. The molecule has 3 aromatic heterocycles. The van der Waals surface area contributed by atoms with Crippen LogP contribution in [0.1, 0.15) is 11.1 Å². The van der Waals surface area contributed by atoms with Gasteiger partial charge in [0.05, 0.1) is 22.5 Å². The molecule has 0 spiro atoms. The fourth-order valence-corrected chi connectivity index (χ4v) is 4.53. The molecule has 8 heteroatoms. The second kappa shape index (κ2) is 8.10. The summed E-state index contributed by atoms with van der Waals surface area (Å²) < 4.78 is 1.31. The Morgan fingerprint density at radius 1 is 1.21 bits per heavy atom. The van der Waals surface area contributed by atoms with E-state index in [9.17, 15) is 9.59 Å². The number of carbonyl (C=O) groups excluding carboxylic acids is 1. The third-order valence-corrected chi connectivity index (χ3v) is 6.15. The summed E-state index contributed by atoms with van der Waals surface area (Å²) in [7, 11) is 0. The minimum atomic E-state index is -0.289. The number of aromatic nitrogens is 3. The fourth-order valence-electron chi connectivity index (χ4n) is 2.94. The Bertz CT molecular complexity index is 1230. The maximum Gasteiger partial charge on any atom is 0.264 e. The first kappa shape index (κ1) is 19.2. The van der Waals surface area contributed by atoms with E-state index < -0.39 is 0 Å². The molecule has 0 atom stereocenters. The number of benzene rings is 1. The molecule has 1 amide bonds. The number of thiophene rings is 1. The summed E-state index contributed by atoms with van der Waals surface area (Å²) in [6.45, 7) is 3.82. The molecule has 29 heavy (non-hydrogen) atoms. The number of nitrogens with one attached hydrogen (secondary N) is 1. The van der Waals surface area contributed by atoms with Crippen LogP contribution in [-0.4, -0.2) is 20.4 Å². The van der Waals surface area contributed by atoms with Crippen molar-refractivity contribution in [3.63, 3.8) is 0 Å². The summed E-state index contributed by atoms with van der Waals surface area (Å²) in [4.78, 5) is 35.1. The van der Waals surface area contributed by atoms with Gasteiger partial charge in [0.15, 0.2) is 0 Å². The zero-order valence-electron chi connectivity index (χ0n) is 15.9. The third kappa shape index (κ3) is 4.18. The number of hydrogen-bond acceptors (Lipinski definition) is 6. The van der Waals surface area contributed by atoms with E-state index in [-0.39, 0.29) is 18.0 Å². The second-order valence-corrected chi connectivity index (χ2v) is 8.43. The van der Waals surface area contributed by atoms with Crippen LogP contribution >= 0.6 is 22.7 Å². The van der Waals surface area contributed by atoms with Crippen LogP contribution in [0.2, 0.25) is 0 Å². The maximum atomic E-state index is 12.9. The van der Waals surface area contributed by atoms with Gasteiger partial charge >= 0.3 is 0 Å². The fraction of sp³-hybridized carbons (Fsp3) is 0.143. The lowest BCUT2D eigenvalue weighted by atomic mass is 10.1. The average molecular weight is 423 g/mol. The molecule has 4 rings (SSSR count). The van der Waals surface area contributed by atoms with Crippen LogP contribution in [0.25, 0.3) is 21.1 Å². The molecule has 1 aromatic carbocycles. The first-order valence-electron chi connectivity index (χ1n) is 8.92. The predicted molar refractivity (Wildman–Crippen MR) is 117 cm³/mol. The molecule has 0 fully saturated rings. The van der Waals surface area contributed by atoms with Crippen molar-refractivity contribution in [3.8, 4) is 21.1 Å². The lowest BCUT2D eigenvalue weighted by Gasteiger charge is -2.10. The van der Waals surface area contributed by atoms with Gasteiger partial charge in [-0.3, -0.25) is 14.2 Å². The molecule has 0 saturated heterocycles. The Morgan fingerprint density at radius 2 is 2.07 bits per heavy atom. The van der Waals surface area contributed by atoms with E-state index in [1.54, 1.807) is 11.3 Å². The van der Waals surface area contributed by atoms with Crippen LogP contribution in [0.5, 0.6) is 0 Å². The third-order valence-electron chi connectivity index (χ3n) is 4.38. The van der Waals surface area contributed by atoms with Gasteiger partial charge in [0.25, 0.3) is 5.56 Å². The predicted octanol–water partition coefficient (Wildman–Crippen LogP) is 4.35. The number of nitrogens with zero attached hydrogens (tertiary/aromatic N) is 3. The Labute approximate surface area is 175 Å². The Balaban J connectivity index is 1.55. The SMILES string of the molecule is Cc1ccc(NC(=O)Cn2cncc(-c3nc(-c4cccs4)cs3)c2=O)c(C)c1. The zero-order chi connectivity index (χ0) is 20.4. The number of thiazole rings is 1. The summed E-state index contributed by atoms with van der Waals surface area (Å²) >= 11 is 2.99. The minimum Gasteiger partial charge on any atom is -0.324 e. The monoisotopic (exact) mass is 422 g/mol. The largest absolute Gasteiger partial charge is 0.324 e. The molecule has 6 nitrogen and oxygen atoms in total. The van der Waals surface area contributed by atoms with Gasteiger partial charge in [-0.15, -0.1) is 22.7 Å². The zero-order valence-corrected chi connectivity index (χ0v) is 17.5. The Morgan fingerprint density at radius 3 is 2.83 bits per heavy atom. The van der Waals surface area contributed by atoms with Gasteiger partial charge in [-0.1, -0.05) is 23.8 Å². The van der Waals surface area contributed by atoms with Gasteiger partial charge in [0.2, 0.25) is 5.91 Å². The van der Waals surface area contributed by atoms with Gasteiger partial charge < -0.3 is 5.32 Å². The van der Waals surface area contributed by atoms with Crippen LogP contribution in [0, 0.1) is 13.8 Å². The van der Waals surface area contributed by atoms with Crippen molar-refractivity contribution in [2.75, 3.05) is 5.32 Å². The number of rotatable bonds is 5. The number of anilines is 1. The highest BCUT2D eigenvalue weighted by Gasteiger charge is 2.14. The van der Waals surface area contributed by atoms with Gasteiger partial charge in [-0.2, -0.15) is 0 Å². The molecule has 0 unspecified atom stereocenters. The first-order valence-corrected chi connectivity index (χ1v) is 10.7. The van der Waals surface area contributed by atoms with Gasteiger partial charge in [0, 0.05) is 17.3 Å². The van der Waals surface area contributed by atoms with Crippen LogP contribution < -0.4 is 10.9 Å². The molecule has 3 heterocycles. The highest BCUT2D eigenvalue weighted by atomic mass is 32.1. The molecule has 0 bridgehead atoms. The number of carbonyl (C=O) groups is 1. The van der Waals surface area contributed by atoms with Gasteiger partial charge in [0.1, 0.15) is 11.6 Å². The summed E-state index contributed by atoms with van der Waals surface area (Å²) in [5.41, 5.74) is 3.77. The molecular formula is C21H18N4O2S2. The number of hydrogen-bond donors (Lipinski definition) is 1. The molecule has 4 aromatic rings. The Kier molecular flexibility index (Phi) is 5.37. The highest BCUT2D eigenvalue weighted by molar-refractivity contribution is 7.15. The van der Waals surface area contributed by atoms with Crippen molar-refractivity contribution >= 4 is 34.3 Å². The molecule has 1 N–H and O–H groups in total. The van der Waals surface area contributed by atoms with Crippen molar-refractivity contribution in [1.29, 1.82) is 0 Å². The topological polar surface area (TPSA) is 76.9 Å². The number of aryl methyl sites for hydroxylation is 2. The van der Waals surface area contributed by atoms with Crippen molar-refractivity contribution < 1.29 is 4.79 Å². The molecular weight excluding hydrogens is 404 g/mol. The van der Waals surface area contributed by atoms with Crippen LogP contribution in [-0.2, 0) is 11.3 Å². The molecule has 0 aliphatic heterocycles. The maximum absolute atomic E-state index is 12.9. The first-order chi connectivity index (χ1) is 14.0. The van der Waals surface area contributed by atoms with E-state index >= 15 is 0 Å². The van der Waals surface area contributed by atoms with Crippen LogP contribution in [0.3, 0.4) is 0 Å². The van der Waals surface area contributed by atoms with Crippen molar-refractivity contribution in [3.05, 3.63) is 75.1 Å². The summed E-state index contributed by atoms with van der Waals surface area (Å²) in [5.74, 6) is -0.281. The Hall–Kier alpha value is -3.10. The van der Waals surface area contributed by atoms with Crippen LogP contribution in [0.4, 0.5) is 5.69 Å². The van der Waals surface area contributed by atoms with Gasteiger partial charge in [-0.05, 0) is 36.9 Å². The highest BCUT2D eigenvalue weighted by Crippen LogP contribution is 2.29. The van der Waals surface area contributed by atoms with Gasteiger partial charge in [-0.25, -0.2) is 9.97 Å². The van der Waals surface area contributed by atoms with E-state index in [0.717, 1.165) is 27.4 Å². The van der Waals surface area contributed by atoms with Crippen LogP contribution in [0.15, 0.2) is 58.4 Å². The quantitative estimate of drug-likeness (QED) is 0.519. The van der Waals surface area contributed by atoms with E-state index in [4.69, 9.17) is 0 Å². The molecule has 0 aliphatic rings.